The molecule has 3 rings (SSSR count). The van der Waals surface area contributed by atoms with E-state index < -0.39 is 6.17 Å². The summed E-state index contributed by atoms with van der Waals surface area (Å²) in [5.74, 6) is 0.0300. The molecule has 7 heteroatoms. The van der Waals surface area contributed by atoms with E-state index in [4.69, 9.17) is 0 Å². The lowest BCUT2D eigenvalue weighted by molar-refractivity contribution is -0.129. The first kappa shape index (κ1) is 18.9. The van der Waals surface area contributed by atoms with Gasteiger partial charge in [0.2, 0.25) is 5.91 Å². The van der Waals surface area contributed by atoms with Gasteiger partial charge in [-0.15, -0.1) is 11.3 Å². The van der Waals surface area contributed by atoms with Crippen LogP contribution in [0, 0.1) is 13.8 Å². The molecule has 2 aromatic heterocycles. The number of pyridine rings is 1. The zero-order valence-electron chi connectivity index (χ0n) is 15.5. The fourth-order valence-electron chi connectivity index (χ4n) is 3.33. The van der Waals surface area contributed by atoms with Crippen molar-refractivity contribution in [3.63, 3.8) is 0 Å². The van der Waals surface area contributed by atoms with Crippen LogP contribution in [-0.4, -0.2) is 58.0 Å². The van der Waals surface area contributed by atoms with E-state index in [9.17, 15) is 9.18 Å². The lowest BCUT2D eigenvalue weighted by atomic mass is 10.1. The molecule has 0 radical (unpaired) electrons. The van der Waals surface area contributed by atoms with Gasteiger partial charge < -0.3 is 4.90 Å². The Morgan fingerprint density at radius 3 is 2.88 bits per heavy atom. The number of carbonyl (C=O) groups is 1. The summed E-state index contributed by atoms with van der Waals surface area (Å²) in [6.07, 6.45) is 1.68. The molecule has 1 amide bonds. The van der Waals surface area contributed by atoms with Crippen molar-refractivity contribution in [2.24, 2.45) is 0 Å². The van der Waals surface area contributed by atoms with Crippen LogP contribution in [0.4, 0.5) is 4.39 Å². The van der Waals surface area contributed by atoms with Gasteiger partial charge in [0.05, 0.1) is 17.1 Å². The van der Waals surface area contributed by atoms with E-state index in [1.807, 2.05) is 31.4 Å². The number of hydrogen-bond acceptors (Lipinski definition) is 5. The summed E-state index contributed by atoms with van der Waals surface area (Å²) in [5, 5.41) is 3.04. The smallest absolute Gasteiger partial charge is 0.226 e. The van der Waals surface area contributed by atoms with E-state index in [1.165, 1.54) is 0 Å². The molecule has 1 saturated heterocycles. The third kappa shape index (κ3) is 4.86. The molecule has 0 bridgehead atoms. The SMILES string of the molecule is Cc1ccc(CC(=O)N(C)C[C@@H]2C[C@H](F)CN2Cc2csc(C)n2)cn1. The van der Waals surface area contributed by atoms with Crippen molar-refractivity contribution in [1.29, 1.82) is 0 Å². The number of thiazole rings is 1. The van der Waals surface area contributed by atoms with Gasteiger partial charge in [-0.05, 0) is 31.9 Å². The number of hydrogen-bond donors (Lipinski definition) is 0. The zero-order valence-corrected chi connectivity index (χ0v) is 16.3. The van der Waals surface area contributed by atoms with Crippen molar-refractivity contribution >= 4 is 17.2 Å². The molecule has 0 aromatic carbocycles. The maximum absolute atomic E-state index is 14.0. The Morgan fingerprint density at radius 1 is 1.42 bits per heavy atom. The maximum atomic E-state index is 14.0. The predicted octanol–water partition coefficient (Wildman–Crippen LogP) is 2.77. The second-order valence-electron chi connectivity index (χ2n) is 7.03. The van der Waals surface area contributed by atoms with Crippen molar-refractivity contribution in [1.82, 2.24) is 19.8 Å². The van der Waals surface area contributed by atoms with Crippen molar-refractivity contribution in [3.05, 3.63) is 45.7 Å². The van der Waals surface area contributed by atoms with Crippen LogP contribution in [0.1, 0.15) is 28.4 Å². The fraction of sp³-hybridized carbons (Fsp3) is 0.526. The average molecular weight is 377 g/mol. The minimum atomic E-state index is -0.843. The number of halogens is 1. The molecule has 0 spiro atoms. The lowest BCUT2D eigenvalue weighted by Crippen LogP contribution is -2.41. The first-order valence-electron chi connectivity index (χ1n) is 8.85. The number of aromatic nitrogens is 2. The molecule has 1 aliphatic heterocycles. The van der Waals surface area contributed by atoms with E-state index >= 15 is 0 Å². The summed E-state index contributed by atoms with van der Waals surface area (Å²) in [6, 6.07) is 3.86. The normalized spacial score (nSPS) is 20.5. The van der Waals surface area contributed by atoms with E-state index in [1.54, 1.807) is 29.5 Å². The van der Waals surface area contributed by atoms with Crippen LogP contribution < -0.4 is 0 Å². The monoisotopic (exact) mass is 376 g/mol. The van der Waals surface area contributed by atoms with Crippen LogP contribution in [0.25, 0.3) is 0 Å². The molecule has 5 nitrogen and oxygen atoms in total. The molecule has 0 saturated carbocycles. The lowest BCUT2D eigenvalue weighted by Gasteiger charge is -2.28. The number of alkyl halides is 1. The van der Waals surface area contributed by atoms with Crippen molar-refractivity contribution in [3.8, 4) is 0 Å². The molecule has 0 unspecified atom stereocenters. The topological polar surface area (TPSA) is 49.3 Å². The molecule has 3 heterocycles. The highest BCUT2D eigenvalue weighted by Crippen LogP contribution is 2.24. The highest BCUT2D eigenvalue weighted by molar-refractivity contribution is 7.09. The van der Waals surface area contributed by atoms with Gasteiger partial charge >= 0.3 is 0 Å². The molecule has 26 heavy (non-hydrogen) atoms. The summed E-state index contributed by atoms with van der Waals surface area (Å²) in [4.78, 5) is 25.0. The third-order valence-electron chi connectivity index (χ3n) is 4.75. The standard InChI is InChI=1S/C19H25FN4OS/c1-13-4-5-15(8-21-13)6-19(25)23(3)11-18-7-16(20)9-24(18)10-17-12-26-14(2)22-17/h4-5,8,12,16,18H,6-7,9-11H2,1-3H3/t16-,18-/m0/s1. The summed E-state index contributed by atoms with van der Waals surface area (Å²) < 4.78 is 14.0. The molecular formula is C19H25FN4OS. The van der Waals surface area contributed by atoms with Crippen molar-refractivity contribution in [2.45, 2.75) is 45.4 Å². The molecule has 1 fully saturated rings. The summed E-state index contributed by atoms with van der Waals surface area (Å²) in [6.45, 7) is 5.47. The summed E-state index contributed by atoms with van der Waals surface area (Å²) in [7, 11) is 1.79. The van der Waals surface area contributed by atoms with Crippen LogP contribution >= 0.6 is 11.3 Å². The van der Waals surface area contributed by atoms with Gasteiger partial charge in [0.25, 0.3) is 0 Å². The highest BCUT2D eigenvalue weighted by Gasteiger charge is 2.33. The second-order valence-corrected chi connectivity index (χ2v) is 8.10. The first-order valence-corrected chi connectivity index (χ1v) is 9.73. The molecule has 0 aliphatic carbocycles. The molecule has 1 aliphatic rings. The van der Waals surface area contributed by atoms with Gasteiger partial charge in [-0.1, -0.05) is 6.07 Å². The Morgan fingerprint density at radius 2 is 2.23 bits per heavy atom. The number of amides is 1. The third-order valence-corrected chi connectivity index (χ3v) is 5.57. The number of aryl methyl sites for hydroxylation is 2. The molecule has 2 atom stereocenters. The molecular weight excluding hydrogens is 351 g/mol. The highest BCUT2D eigenvalue weighted by atomic mass is 32.1. The minimum absolute atomic E-state index is 0.0251. The van der Waals surface area contributed by atoms with Crippen LogP contribution in [0.2, 0.25) is 0 Å². The van der Waals surface area contributed by atoms with E-state index in [-0.39, 0.29) is 11.9 Å². The number of rotatable bonds is 6. The zero-order chi connectivity index (χ0) is 18.7. The quantitative estimate of drug-likeness (QED) is 0.778. The van der Waals surface area contributed by atoms with Gasteiger partial charge in [0, 0.05) is 50.0 Å². The van der Waals surface area contributed by atoms with Crippen LogP contribution in [-0.2, 0) is 17.8 Å². The van der Waals surface area contributed by atoms with Crippen LogP contribution in [0.5, 0.6) is 0 Å². The second kappa shape index (κ2) is 8.22. The average Bonchev–Trinajstić information content (AvgIpc) is 3.15. The number of carbonyl (C=O) groups excluding carboxylic acids is 1. The van der Waals surface area contributed by atoms with Crippen molar-refractivity contribution < 1.29 is 9.18 Å². The molecule has 140 valence electrons. The summed E-state index contributed by atoms with van der Waals surface area (Å²) >= 11 is 1.61. The summed E-state index contributed by atoms with van der Waals surface area (Å²) in [5.41, 5.74) is 2.81. The number of likely N-dealkylation sites (N-methyl/N-ethyl adjacent to an activating group) is 1. The molecule has 2 aromatic rings. The Bertz CT molecular complexity index is 748. The van der Waals surface area contributed by atoms with Gasteiger partial charge in [-0.25, -0.2) is 9.37 Å². The Kier molecular flexibility index (Phi) is 5.98. The first-order chi connectivity index (χ1) is 12.4. The Hall–Kier alpha value is -1.86. The number of nitrogens with zero attached hydrogens (tertiary/aromatic N) is 4. The van der Waals surface area contributed by atoms with E-state index in [0.717, 1.165) is 22.0 Å². The van der Waals surface area contributed by atoms with Gasteiger partial charge in [0.15, 0.2) is 0 Å². The fourth-order valence-corrected chi connectivity index (χ4v) is 3.93. The molecule has 0 N–H and O–H groups in total. The van der Waals surface area contributed by atoms with Gasteiger partial charge in [-0.3, -0.25) is 14.7 Å². The van der Waals surface area contributed by atoms with E-state index in [2.05, 4.69) is 14.9 Å². The largest absolute Gasteiger partial charge is 0.344 e. The van der Waals surface area contributed by atoms with Crippen LogP contribution in [0.3, 0.4) is 0 Å². The Labute approximate surface area is 157 Å². The van der Waals surface area contributed by atoms with Crippen LogP contribution in [0.15, 0.2) is 23.7 Å². The Balaban J connectivity index is 1.58. The van der Waals surface area contributed by atoms with Gasteiger partial charge in [0.1, 0.15) is 6.17 Å². The minimum Gasteiger partial charge on any atom is -0.344 e. The maximum Gasteiger partial charge on any atom is 0.226 e. The predicted molar refractivity (Wildman–Crippen MR) is 101 cm³/mol. The van der Waals surface area contributed by atoms with E-state index in [0.29, 0.717) is 32.5 Å². The number of likely N-dealkylation sites (tertiary alicyclic amines) is 1. The van der Waals surface area contributed by atoms with Gasteiger partial charge in [-0.2, -0.15) is 0 Å². The van der Waals surface area contributed by atoms with Crippen molar-refractivity contribution in [2.75, 3.05) is 20.1 Å².